The quantitative estimate of drug-likeness (QED) is 0.779. The zero-order chi connectivity index (χ0) is 10.1. The molecule has 7 heteroatoms. The van der Waals surface area contributed by atoms with Gasteiger partial charge in [0.05, 0.1) is 6.54 Å². The van der Waals surface area contributed by atoms with Crippen molar-refractivity contribution in [3.05, 3.63) is 5.82 Å². The lowest BCUT2D eigenvalue weighted by Crippen LogP contribution is -2.08. The lowest BCUT2D eigenvalue weighted by Gasteiger charge is -2.06. The van der Waals surface area contributed by atoms with Crippen molar-refractivity contribution in [2.45, 2.75) is 36.3 Å². The first kappa shape index (κ1) is 9.85. The fourth-order valence-corrected chi connectivity index (χ4v) is 1.92. The van der Waals surface area contributed by atoms with Gasteiger partial charge in [0, 0.05) is 6.04 Å². The summed E-state index contributed by atoms with van der Waals surface area (Å²) in [7, 11) is 0. The van der Waals surface area contributed by atoms with E-state index >= 15 is 0 Å². The number of hydrogen-bond acceptors (Lipinski definition) is 4. The smallest absolute Gasteiger partial charge is 0.291 e. The Kier molecular flexibility index (Phi) is 2.69. The number of alkyl halides is 2. The molecule has 0 amide bonds. The molecule has 1 heterocycles. The Balaban J connectivity index is 2.25. The van der Waals surface area contributed by atoms with Gasteiger partial charge in [-0.3, -0.25) is 0 Å². The molecule has 0 radical (unpaired) electrons. The third-order valence-corrected chi connectivity index (χ3v) is 2.69. The number of nitrogens with zero attached hydrogens (tertiary/aromatic N) is 3. The van der Waals surface area contributed by atoms with Crippen LogP contribution in [0.25, 0.3) is 0 Å². The molecular formula is C7H10F2N4S. The third kappa shape index (κ3) is 1.88. The van der Waals surface area contributed by atoms with Gasteiger partial charge in [-0.05, 0) is 24.6 Å². The first-order chi connectivity index (χ1) is 6.72. The molecular weight excluding hydrogens is 210 g/mol. The van der Waals surface area contributed by atoms with Gasteiger partial charge in [0.15, 0.2) is 5.16 Å². The standard InChI is InChI=1S/C7H10F2N4S/c8-6(9)14-7-12-11-5(3-10)13(7)4-1-2-4/h4,6H,1-3,10H2. The highest BCUT2D eigenvalue weighted by Crippen LogP contribution is 2.39. The molecule has 0 bridgehead atoms. The Bertz CT molecular complexity index is 323. The lowest BCUT2D eigenvalue weighted by atomic mass is 10.5. The van der Waals surface area contributed by atoms with Gasteiger partial charge >= 0.3 is 0 Å². The van der Waals surface area contributed by atoms with Gasteiger partial charge in [-0.15, -0.1) is 10.2 Å². The van der Waals surface area contributed by atoms with Crippen LogP contribution in [0.15, 0.2) is 5.16 Å². The van der Waals surface area contributed by atoms with E-state index in [0.717, 1.165) is 12.8 Å². The number of halogens is 2. The van der Waals surface area contributed by atoms with E-state index in [9.17, 15) is 8.78 Å². The summed E-state index contributed by atoms with van der Waals surface area (Å²) in [6.45, 7) is 0.243. The zero-order valence-corrected chi connectivity index (χ0v) is 8.18. The SMILES string of the molecule is NCc1nnc(SC(F)F)n1C1CC1. The van der Waals surface area contributed by atoms with Crippen LogP contribution in [0, 0.1) is 0 Å². The van der Waals surface area contributed by atoms with Crippen molar-refractivity contribution in [1.29, 1.82) is 0 Å². The second-order valence-corrected chi connectivity index (χ2v) is 4.04. The molecule has 0 spiro atoms. The van der Waals surface area contributed by atoms with Crippen LogP contribution < -0.4 is 5.73 Å². The number of rotatable bonds is 4. The summed E-state index contributed by atoms with van der Waals surface area (Å²) in [5.74, 6) is -1.86. The van der Waals surface area contributed by atoms with E-state index in [1.165, 1.54) is 0 Å². The molecule has 2 rings (SSSR count). The van der Waals surface area contributed by atoms with Crippen molar-refractivity contribution in [2.24, 2.45) is 5.73 Å². The minimum atomic E-state index is -2.46. The maximum atomic E-state index is 12.1. The minimum absolute atomic E-state index is 0.243. The van der Waals surface area contributed by atoms with E-state index < -0.39 is 5.76 Å². The molecule has 4 nitrogen and oxygen atoms in total. The van der Waals surface area contributed by atoms with Gasteiger partial charge in [-0.25, -0.2) is 0 Å². The Morgan fingerprint density at radius 3 is 2.71 bits per heavy atom. The van der Waals surface area contributed by atoms with Gasteiger partial charge in [0.25, 0.3) is 5.76 Å². The van der Waals surface area contributed by atoms with E-state index in [-0.39, 0.29) is 17.7 Å². The van der Waals surface area contributed by atoms with E-state index in [0.29, 0.717) is 17.6 Å². The highest BCUT2D eigenvalue weighted by Gasteiger charge is 2.30. The monoisotopic (exact) mass is 220 g/mol. The van der Waals surface area contributed by atoms with Crippen LogP contribution >= 0.6 is 11.8 Å². The molecule has 0 unspecified atom stereocenters. The van der Waals surface area contributed by atoms with Crippen molar-refractivity contribution < 1.29 is 8.78 Å². The molecule has 0 aromatic carbocycles. The summed E-state index contributed by atoms with van der Waals surface area (Å²) in [6, 6.07) is 0.282. The van der Waals surface area contributed by atoms with Crippen LogP contribution in [0.4, 0.5) is 8.78 Å². The summed E-state index contributed by atoms with van der Waals surface area (Å²) < 4.78 is 26.0. The first-order valence-electron chi connectivity index (χ1n) is 4.31. The fraction of sp³-hybridized carbons (Fsp3) is 0.714. The van der Waals surface area contributed by atoms with Gasteiger partial charge < -0.3 is 10.3 Å². The summed E-state index contributed by atoms with van der Waals surface area (Å²) in [4.78, 5) is 0. The molecule has 0 aliphatic heterocycles. The zero-order valence-electron chi connectivity index (χ0n) is 7.36. The predicted molar refractivity (Wildman–Crippen MR) is 48.0 cm³/mol. The Morgan fingerprint density at radius 1 is 1.50 bits per heavy atom. The number of aromatic nitrogens is 3. The molecule has 1 aliphatic carbocycles. The summed E-state index contributed by atoms with van der Waals surface area (Å²) in [6.07, 6.45) is 2.00. The van der Waals surface area contributed by atoms with Crippen molar-refractivity contribution in [2.75, 3.05) is 0 Å². The topological polar surface area (TPSA) is 56.7 Å². The first-order valence-corrected chi connectivity index (χ1v) is 5.19. The molecule has 1 aromatic heterocycles. The summed E-state index contributed by atoms with van der Waals surface area (Å²) in [5.41, 5.74) is 5.44. The maximum absolute atomic E-state index is 12.1. The maximum Gasteiger partial charge on any atom is 0.291 e. The molecule has 14 heavy (non-hydrogen) atoms. The minimum Gasteiger partial charge on any atom is -0.324 e. The highest BCUT2D eigenvalue weighted by molar-refractivity contribution is 7.99. The molecule has 1 fully saturated rings. The van der Waals surface area contributed by atoms with Crippen LogP contribution in [-0.2, 0) is 6.54 Å². The predicted octanol–water partition coefficient (Wildman–Crippen LogP) is 1.39. The molecule has 0 atom stereocenters. The largest absolute Gasteiger partial charge is 0.324 e. The molecule has 1 aliphatic rings. The number of hydrogen-bond donors (Lipinski definition) is 1. The van der Waals surface area contributed by atoms with E-state index in [4.69, 9.17) is 5.73 Å². The second kappa shape index (κ2) is 3.82. The molecule has 1 saturated carbocycles. The average Bonchev–Trinajstić information content (AvgIpc) is 2.88. The second-order valence-electron chi connectivity index (χ2n) is 3.08. The number of nitrogens with two attached hydrogens (primary N) is 1. The molecule has 0 saturated heterocycles. The Morgan fingerprint density at radius 2 is 2.21 bits per heavy atom. The number of thioether (sulfide) groups is 1. The van der Waals surface area contributed by atoms with Gasteiger partial charge in [-0.2, -0.15) is 8.78 Å². The van der Waals surface area contributed by atoms with Crippen molar-refractivity contribution in [3.63, 3.8) is 0 Å². The van der Waals surface area contributed by atoms with Crippen LogP contribution in [0.2, 0.25) is 0 Å². The van der Waals surface area contributed by atoms with Crippen LogP contribution in [0.1, 0.15) is 24.7 Å². The van der Waals surface area contributed by atoms with Crippen LogP contribution in [-0.4, -0.2) is 20.5 Å². The van der Waals surface area contributed by atoms with Gasteiger partial charge in [-0.1, -0.05) is 0 Å². The summed E-state index contributed by atoms with van der Waals surface area (Å²) >= 11 is 0.430. The van der Waals surface area contributed by atoms with E-state index in [2.05, 4.69) is 10.2 Å². The normalized spacial score (nSPS) is 16.6. The van der Waals surface area contributed by atoms with Gasteiger partial charge in [0.1, 0.15) is 5.82 Å². The molecule has 78 valence electrons. The van der Waals surface area contributed by atoms with Crippen molar-refractivity contribution in [1.82, 2.24) is 14.8 Å². The van der Waals surface area contributed by atoms with Crippen LogP contribution in [0.5, 0.6) is 0 Å². The third-order valence-electron chi connectivity index (χ3n) is 2.02. The van der Waals surface area contributed by atoms with Crippen LogP contribution in [0.3, 0.4) is 0 Å². The van der Waals surface area contributed by atoms with Gasteiger partial charge in [0.2, 0.25) is 0 Å². The Labute approximate surface area is 83.9 Å². The van der Waals surface area contributed by atoms with E-state index in [1.54, 1.807) is 4.57 Å². The van der Waals surface area contributed by atoms with E-state index in [1.807, 2.05) is 0 Å². The molecule has 1 aromatic rings. The summed E-state index contributed by atoms with van der Waals surface area (Å²) in [5, 5.41) is 7.77. The Hall–Kier alpha value is -0.690. The highest BCUT2D eigenvalue weighted by atomic mass is 32.2. The van der Waals surface area contributed by atoms with Crippen molar-refractivity contribution in [3.8, 4) is 0 Å². The van der Waals surface area contributed by atoms with Crippen molar-refractivity contribution >= 4 is 11.8 Å². The molecule has 2 N–H and O–H groups in total. The average molecular weight is 220 g/mol. The lowest BCUT2D eigenvalue weighted by molar-refractivity contribution is 0.251. The fourth-order valence-electron chi connectivity index (χ4n) is 1.31.